The Labute approximate surface area is 141 Å². The number of hydrogen-bond donors (Lipinski definition) is 0. The molecular weight excluding hydrogens is 300 g/mol. The molecule has 0 radical (unpaired) electrons. The number of hydrogen-bond acceptors (Lipinski definition) is 2. The van der Waals surface area contributed by atoms with Crippen LogP contribution in [0.2, 0.25) is 0 Å². The van der Waals surface area contributed by atoms with E-state index in [9.17, 15) is 0 Å². The molecule has 1 aliphatic heterocycles. The molecule has 0 aliphatic carbocycles. The van der Waals surface area contributed by atoms with Crippen LogP contribution >= 0.6 is 11.8 Å². The second kappa shape index (κ2) is 6.51. The number of ether oxygens (including phenoxy) is 1. The third-order valence-electron chi connectivity index (χ3n) is 4.16. The molecule has 0 N–H and O–H groups in total. The van der Waals surface area contributed by atoms with Crippen molar-refractivity contribution in [3.8, 4) is 5.75 Å². The molecule has 3 aromatic rings. The third kappa shape index (κ3) is 3.13. The lowest BCUT2D eigenvalue weighted by molar-refractivity contribution is 0.175. The fourth-order valence-corrected chi connectivity index (χ4v) is 4.26. The van der Waals surface area contributed by atoms with Crippen molar-refractivity contribution in [3.63, 3.8) is 0 Å². The predicted molar refractivity (Wildman–Crippen MR) is 95.9 cm³/mol. The first kappa shape index (κ1) is 14.4. The lowest BCUT2D eigenvalue weighted by atomic mass is 9.97. The van der Waals surface area contributed by atoms with Crippen molar-refractivity contribution in [1.29, 1.82) is 0 Å². The van der Waals surface area contributed by atoms with Gasteiger partial charge in [-0.15, -0.1) is 11.8 Å². The van der Waals surface area contributed by atoms with E-state index in [4.69, 9.17) is 4.74 Å². The average molecular weight is 318 g/mol. The van der Waals surface area contributed by atoms with Crippen LogP contribution in [0.15, 0.2) is 89.8 Å². The maximum Gasteiger partial charge on any atom is 0.125 e. The normalized spacial score (nSPS) is 19.7. The first-order valence-corrected chi connectivity index (χ1v) is 8.80. The standard InChI is InChI=1S/C21H18OS/c1-3-9-16(10-4-1)20-15-21(23-17-11-5-2-6-12-17)18-13-7-8-14-19(18)22-20/h1-14,20-21H,15H2/t20-,21+/m1/s1. The molecule has 1 aliphatic rings. The van der Waals surface area contributed by atoms with Crippen LogP contribution in [0.1, 0.15) is 28.9 Å². The number of para-hydroxylation sites is 1. The quantitative estimate of drug-likeness (QED) is 0.582. The monoisotopic (exact) mass is 318 g/mol. The first-order valence-electron chi connectivity index (χ1n) is 7.92. The molecule has 0 saturated heterocycles. The molecule has 0 saturated carbocycles. The summed E-state index contributed by atoms with van der Waals surface area (Å²) in [7, 11) is 0. The zero-order valence-electron chi connectivity index (χ0n) is 12.8. The summed E-state index contributed by atoms with van der Waals surface area (Å²) in [6.07, 6.45) is 1.10. The van der Waals surface area contributed by atoms with Crippen LogP contribution in [0.4, 0.5) is 0 Å². The summed E-state index contributed by atoms with van der Waals surface area (Å²) in [6, 6.07) is 29.6. The zero-order chi connectivity index (χ0) is 15.5. The summed E-state index contributed by atoms with van der Waals surface area (Å²) in [5.41, 5.74) is 2.55. The fourth-order valence-electron chi connectivity index (χ4n) is 3.02. The molecule has 2 atom stereocenters. The number of fused-ring (bicyclic) bond motifs is 1. The molecule has 4 rings (SSSR count). The maximum atomic E-state index is 6.27. The van der Waals surface area contributed by atoms with Crippen molar-refractivity contribution in [2.75, 3.05) is 0 Å². The van der Waals surface area contributed by atoms with E-state index in [-0.39, 0.29) is 6.10 Å². The average Bonchev–Trinajstić information content (AvgIpc) is 2.63. The Kier molecular flexibility index (Phi) is 4.08. The summed E-state index contributed by atoms with van der Waals surface area (Å²) < 4.78 is 6.27. The Balaban J connectivity index is 1.67. The van der Waals surface area contributed by atoms with Gasteiger partial charge in [0.15, 0.2) is 0 Å². The predicted octanol–water partition coefficient (Wildman–Crippen LogP) is 6.04. The molecule has 0 fully saturated rings. The third-order valence-corrected chi connectivity index (χ3v) is 5.43. The van der Waals surface area contributed by atoms with E-state index >= 15 is 0 Å². The molecule has 23 heavy (non-hydrogen) atoms. The topological polar surface area (TPSA) is 9.23 Å². The van der Waals surface area contributed by atoms with E-state index in [1.807, 2.05) is 11.8 Å². The minimum Gasteiger partial charge on any atom is -0.485 e. The van der Waals surface area contributed by atoms with E-state index in [0.29, 0.717) is 5.25 Å². The molecule has 1 heterocycles. The van der Waals surface area contributed by atoms with Gasteiger partial charge >= 0.3 is 0 Å². The highest BCUT2D eigenvalue weighted by molar-refractivity contribution is 7.99. The van der Waals surface area contributed by atoms with Crippen LogP contribution in [0.25, 0.3) is 0 Å². The maximum absolute atomic E-state index is 6.27. The van der Waals surface area contributed by atoms with E-state index in [1.54, 1.807) is 0 Å². The van der Waals surface area contributed by atoms with Crippen molar-refractivity contribution in [3.05, 3.63) is 96.1 Å². The van der Waals surface area contributed by atoms with Gasteiger partial charge in [-0.2, -0.15) is 0 Å². The summed E-state index contributed by atoms with van der Waals surface area (Å²) in [4.78, 5) is 1.31. The van der Waals surface area contributed by atoms with E-state index < -0.39 is 0 Å². The molecule has 0 unspecified atom stereocenters. The smallest absolute Gasteiger partial charge is 0.125 e. The van der Waals surface area contributed by atoms with Crippen molar-refractivity contribution in [2.24, 2.45) is 0 Å². The van der Waals surface area contributed by atoms with Crippen LogP contribution in [0.3, 0.4) is 0 Å². The van der Waals surface area contributed by atoms with Gasteiger partial charge in [0.2, 0.25) is 0 Å². The van der Waals surface area contributed by atoms with E-state index in [0.717, 1.165) is 12.2 Å². The summed E-state index contributed by atoms with van der Waals surface area (Å²) in [6.45, 7) is 0. The van der Waals surface area contributed by atoms with Gasteiger partial charge in [-0.1, -0.05) is 66.7 Å². The molecule has 2 heteroatoms. The first-order chi connectivity index (χ1) is 11.4. The number of benzene rings is 3. The Morgan fingerprint density at radius 2 is 1.39 bits per heavy atom. The summed E-state index contributed by atoms with van der Waals surface area (Å²) >= 11 is 1.93. The second-order valence-electron chi connectivity index (χ2n) is 5.71. The Bertz CT molecular complexity index is 770. The molecule has 0 aromatic heterocycles. The fraction of sp³-hybridized carbons (Fsp3) is 0.143. The molecular formula is C21H18OS. The van der Waals surface area contributed by atoms with Gasteiger partial charge in [0.25, 0.3) is 0 Å². The number of rotatable bonds is 3. The molecule has 1 nitrogen and oxygen atoms in total. The van der Waals surface area contributed by atoms with Crippen LogP contribution in [-0.2, 0) is 0 Å². The molecule has 114 valence electrons. The Morgan fingerprint density at radius 3 is 2.17 bits per heavy atom. The van der Waals surface area contributed by atoms with Crippen molar-refractivity contribution < 1.29 is 4.74 Å². The van der Waals surface area contributed by atoms with Crippen LogP contribution < -0.4 is 4.74 Å². The molecule has 0 amide bonds. The largest absolute Gasteiger partial charge is 0.485 e. The van der Waals surface area contributed by atoms with E-state index in [2.05, 4.69) is 84.9 Å². The van der Waals surface area contributed by atoms with Crippen molar-refractivity contribution in [1.82, 2.24) is 0 Å². The van der Waals surface area contributed by atoms with E-state index in [1.165, 1.54) is 16.0 Å². The summed E-state index contributed by atoms with van der Waals surface area (Å²) in [5.74, 6) is 1.01. The second-order valence-corrected chi connectivity index (χ2v) is 6.99. The van der Waals surface area contributed by atoms with Gasteiger partial charge < -0.3 is 4.74 Å². The van der Waals surface area contributed by atoms with Gasteiger partial charge in [0.1, 0.15) is 11.9 Å². The minimum absolute atomic E-state index is 0.118. The Morgan fingerprint density at radius 1 is 0.739 bits per heavy atom. The highest BCUT2D eigenvalue weighted by Gasteiger charge is 2.29. The highest BCUT2D eigenvalue weighted by atomic mass is 32.2. The lowest BCUT2D eigenvalue weighted by Crippen LogP contribution is -2.17. The van der Waals surface area contributed by atoms with Gasteiger partial charge in [0.05, 0.1) is 0 Å². The zero-order valence-corrected chi connectivity index (χ0v) is 13.6. The van der Waals surface area contributed by atoms with Crippen LogP contribution in [-0.4, -0.2) is 0 Å². The minimum atomic E-state index is 0.118. The van der Waals surface area contributed by atoms with Crippen LogP contribution in [0.5, 0.6) is 5.75 Å². The lowest BCUT2D eigenvalue weighted by Gasteiger charge is -2.32. The highest BCUT2D eigenvalue weighted by Crippen LogP contribution is 2.49. The SMILES string of the molecule is c1ccc(S[C@H]2C[C@H](c3ccccc3)Oc3ccccc32)cc1. The van der Waals surface area contributed by atoms with Gasteiger partial charge in [0, 0.05) is 22.1 Å². The van der Waals surface area contributed by atoms with Gasteiger partial charge in [-0.25, -0.2) is 0 Å². The van der Waals surface area contributed by atoms with Crippen molar-refractivity contribution in [2.45, 2.75) is 22.7 Å². The molecule has 3 aromatic carbocycles. The van der Waals surface area contributed by atoms with Gasteiger partial charge in [-0.05, 0) is 23.8 Å². The number of thioether (sulfide) groups is 1. The van der Waals surface area contributed by atoms with Crippen LogP contribution in [0, 0.1) is 0 Å². The van der Waals surface area contributed by atoms with Crippen molar-refractivity contribution >= 4 is 11.8 Å². The molecule has 0 bridgehead atoms. The Hall–Kier alpha value is -2.19. The van der Waals surface area contributed by atoms with Gasteiger partial charge in [-0.3, -0.25) is 0 Å². The molecule has 0 spiro atoms. The summed E-state index contributed by atoms with van der Waals surface area (Å²) in [5, 5.41) is 0.410.